The third-order valence-electron chi connectivity index (χ3n) is 4.53. The smallest absolute Gasteiger partial charge is 0.261 e. The van der Waals surface area contributed by atoms with Gasteiger partial charge in [-0.15, -0.1) is 0 Å². The van der Waals surface area contributed by atoms with E-state index in [2.05, 4.69) is 9.71 Å². The predicted octanol–water partition coefficient (Wildman–Crippen LogP) is 3.74. The fourth-order valence-electron chi connectivity index (χ4n) is 3.13. The van der Waals surface area contributed by atoms with Gasteiger partial charge in [0.25, 0.3) is 15.9 Å². The molecule has 8 heteroatoms. The molecule has 4 rings (SSSR count). The summed E-state index contributed by atoms with van der Waals surface area (Å²) < 4.78 is 27.8. The minimum Gasteiger partial charge on any atom is -0.308 e. The lowest BCUT2D eigenvalue weighted by Gasteiger charge is -2.18. The molecule has 1 N–H and O–H groups in total. The van der Waals surface area contributed by atoms with Crippen molar-refractivity contribution >= 4 is 38.9 Å². The highest BCUT2D eigenvalue weighted by atomic mass is 35.5. The van der Waals surface area contributed by atoms with Crippen LogP contribution in [-0.2, 0) is 16.4 Å². The quantitative estimate of drug-likeness (QED) is 0.706. The second-order valence-corrected chi connectivity index (χ2v) is 8.46. The van der Waals surface area contributed by atoms with Crippen LogP contribution in [0, 0.1) is 0 Å². The molecule has 0 bridgehead atoms. The molecule has 0 radical (unpaired) electrons. The molecule has 28 heavy (non-hydrogen) atoms. The summed E-state index contributed by atoms with van der Waals surface area (Å²) in [6.07, 6.45) is 3.86. The zero-order valence-corrected chi connectivity index (χ0v) is 16.2. The van der Waals surface area contributed by atoms with Crippen LogP contribution in [0.2, 0.25) is 5.02 Å². The Morgan fingerprint density at radius 3 is 2.46 bits per heavy atom. The van der Waals surface area contributed by atoms with E-state index in [9.17, 15) is 13.2 Å². The molecule has 2 aromatic carbocycles. The number of carbonyl (C=O) groups is 1. The molecule has 0 atom stereocenters. The third-order valence-corrected chi connectivity index (χ3v) is 6.18. The Balaban J connectivity index is 1.62. The zero-order valence-electron chi connectivity index (χ0n) is 14.7. The molecule has 2 heterocycles. The first kappa shape index (κ1) is 18.5. The minimum atomic E-state index is -3.76. The zero-order chi connectivity index (χ0) is 19.7. The molecular weight excluding hydrogens is 398 g/mol. The number of sulfonamides is 1. The summed E-state index contributed by atoms with van der Waals surface area (Å²) in [5, 5.41) is 0.460. The number of anilines is 2. The van der Waals surface area contributed by atoms with E-state index in [1.807, 2.05) is 6.07 Å². The van der Waals surface area contributed by atoms with Gasteiger partial charge in [-0.05, 0) is 60.5 Å². The maximum Gasteiger partial charge on any atom is 0.261 e. The number of pyridine rings is 1. The lowest BCUT2D eigenvalue weighted by Crippen LogP contribution is -2.28. The topological polar surface area (TPSA) is 79.4 Å². The summed E-state index contributed by atoms with van der Waals surface area (Å²) in [6, 6.07) is 14.5. The van der Waals surface area contributed by atoms with E-state index < -0.39 is 10.0 Å². The Hall–Kier alpha value is -2.90. The predicted molar refractivity (Wildman–Crippen MR) is 108 cm³/mol. The van der Waals surface area contributed by atoms with Crippen molar-refractivity contribution in [3.63, 3.8) is 0 Å². The average molecular weight is 414 g/mol. The van der Waals surface area contributed by atoms with Crippen LogP contribution in [-0.4, -0.2) is 25.9 Å². The molecule has 0 spiro atoms. The van der Waals surface area contributed by atoms with E-state index in [-0.39, 0.29) is 10.8 Å². The van der Waals surface area contributed by atoms with Crippen molar-refractivity contribution in [2.45, 2.75) is 11.3 Å². The second kappa shape index (κ2) is 7.26. The molecule has 1 amide bonds. The van der Waals surface area contributed by atoms with Gasteiger partial charge in [0.15, 0.2) is 0 Å². The Kier molecular flexibility index (Phi) is 4.78. The highest BCUT2D eigenvalue weighted by molar-refractivity contribution is 7.92. The Morgan fingerprint density at radius 2 is 1.75 bits per heavy atom. The summed E-state index contributed by atoms with van der Waals surface area (Å²) in [6.45, 7) is 0.546. The van der Waals surface area contributed by atoms with Crippen molar-refractivity contribution in [3.05, 3.63) is 83.1 Å². The van der Waals surface area contributed by atoms with Crippen molar-refractivity contribution in [2.24, 2.45) is 0 Å². The number of nitrogens with zero attached hydrogens (tertiary/aromatic N) is 2. The van der Waals surface area contributed by atoms with Crippen LogP contribution < -0.4 is 9.62 Å². The number of nitrogens with one attached hydrogen (secondary N) is 1. The van der Waals surface area contributed by atoms with Crippen molar-refractivity contribution in [3.8, 4) is 0 Å². The Morgan fingerprint density at radius 1 is 1.04 bits per heavy atom. The van der Waals surface area contributed by atoms with Crippen molar-refractivity contribution in [1.29, 1.82) is 0 Å². The van der Waals surface area contributed by atoms with Crippen LogP contribution in [0.4, 0.5) is 11.4 Å². The van der Waals surface area contributed by atoms with E-state index in [1.54, 1.807) is 41.6 Å². The molecule has 1 aliphatic rings. The molecule has 142 valence electrons. The van der Waals surface area contributed by atoms with E-state index in [0.717, 1.165) is 12.0 Å². The van der Waals surface area contributed by atoms with Crippen LogP contribution in [0.1, 0.15) is 15.9 Å². The highest BCUT2D eigenvalue weighted by Gasteiger charge is 2.26. The molecule has 1 aliphatic heterocycles. The van der Waals surface area contributed by atoms with Gasteiger partial charge in [0.1, 0.15) is 0 Å². The van der Waals surface area contributed by atoms with Crippen LogP contribution in [0.5, 0.6) is 0 Å². The first-order valence-electron chi connectivity index (χ1n) is 8.57. The summed E-state index contributed by atoms with van der Waals surface area (Å²) in [5.74, 6) is -0.140. The van der Waals surface area contributed by atoms with Gasteiger partial charge in [-0.25, -0.2) is 8.42 Å². The van der Waals surface area contributed by atoms with Crippen molar-refractivity contribution < 1.29 is 13.2 Å². The second-order valence-electron chi connectivity index (χ2n) is 6.35. The molecule has 3 aromatic rings. The van der Waals surface area contributed by atoms with E-state index >= 15 is 0 Å². The third kappa shape index (κ3) is 3.58. The first-order chi connectivity index (χ1) is 13.4. The fraction of sp³-hybridized carbons (Fsp3) is 0.100. The average Bonchev–Trinajstić information content (AvgIpc) is 3.11. The standard InChI is InChI=1S/C20H16ClN3O3S/c21-16-2-5-18(6-3-16)28(26,27)23-17-4-1-14-9-12-24(19(14)13-17)20(25)15-7-10-22-11-8-15/h1-8,10-11,13,23H,9,12H2. The van der Waals surface area contributed by atoms with Crippen LogP contribution >= 0.6 is 11.6 Å². The number of hydrogen-bond donors (Lipinski definition) is 1. The maximum atomic E-state index is 12.8. The summed E-state index contributed by atoms with van der Waals surface area (Å²) in [7, 11) is -3.76. The van der Waals surface area contributed by atoms with E-state index in [1.165, 1.54) is 24.3 Å². The van der Waals surface area contributed by atoms with Gasteiger partial charge in [0.2, 0.25) is 0 Å². The fourth-order valence-corrected chi connectivity index (χ4v) is 4.31. The number of benzene rings is 2. The molecule has 0 aliphatic carbocycles. The van der Waals surface area contributed by atoms with Crippen LogP contribution in [0.3, 0.4) is 0 Å². The molecule has 0 saturated heterocycles. The molecule has 6 nitrogen and oxygen atoms in total. The van der Waals surface area contributed by atoms with Crippen LogP contribution in [0.15, 0.2) is 71.9 Å². The van der Waals surface area contributed by atoms with Crippen LogP contribution in [0.25, 0.3) is 0 Å². The number of hydrogen-bond acceptors (Lipinski definition) is 4. The van der Waals surface area contributed by atoms with Gasteiger partial charge < -0.3 is 4.90 Å². The first-order valence-corrected chi connectivity index (χ1v) is 10.4. The Labute approximate surface area is 167 Å². The van der Waals surface area contributed by atoms with Gasteiger partial charge in [-0.2, -0.15) is 0 Å². The van der Waals surface area contributed by atoms with Gasteiger partial charge in [0, 0.05) is 35.2 Å². The minimum absolute atomic E-state index is 0.113. The molecular formula is C20H16ClN3O3S. The lowest BCUT2D eigenvalue weighted by atomic mass is 10.1. The van der Waals surface area contributed by atoms with E-state index in [0.29, 0.717) is 28.5 Å². The summed E-state index contributed by atoms with van der Waals surface area (Å²) in [4.78, 5) is 18.5. The summed E-state index contributed by atoms with van der Waals surface area (Å²) in [5.41, 5.74) is 2.63. The number of rotatable bonds is 4. The number of fused-ring (bicyclic) bond motifs is 1. The molecule has 0 unspecified atom stereocenters. The number of aromatic nitrogens is 1. The normalized spacial score (nSPS) is 13.2. The monoisotopic (exact) mass is 413 g/mol. The maximum absolute atomic E-state index is 12.8. The SMILES string of the molecule is O=C(c1ccncc1)N1CCc2ccc(NS(=O)(=O)c3ccc(Cl)cc3)cc21. The molecule has 0 fully saturated rings. The Bertz CT molecular complexity index is 1130. The lowest BCUT2D eigenvalue weighted by molar-refractivity contribution is 0.0989. The molecule has 0 saturated carbocycles. The van der Waals surface area contributed by atoms with Gasteiger partial charge in [-0.1, -0.05) is 17.7 Å². The summed E-state index contributed by atoms with van der Waals surface area (Å²) >= 11 is 5.83. The van der Waals surface area contributed by atoms with Crippen molar-refractivity contribution in [2.75, 3.05) is 16.2 Å². The van der Waals surface area contributed by atoms with Gasteiger partial charge >= 0.3 is 0 Å². The van der Waals surface area contributed by atoms with Crippen molar-refractivity contribution in [1.82, 2.24) is 4.98 Å². The largest absolute Gasteiger partial charge is 0.308 e. The van der Waals surface area contributed by atoms with Gasteiger partial charge in [0.05, 0.1) is 10.6 Å². The van der Waals surface area contributed by atoms with E-state index in [4.69, 9.17) is 11.6 Å². The van der Waals surface area contributed by atoms with Gasteiger partial charge in [-0.3, -0.25) is 14.5 Å². The number of halogens is 1. The number of amides is 1. The number of carbonyl (C=O) groups excluding carboxylic acids is 1. The molecule has 1 aromatic heterocycles. The highest BCUT2D eigenvalue weighted by Crippen LogP contribution is 2.32.